The number of rotatable bonds is 4. The standard InChI is InChI=1S/C14H25NO2/c1-2-13-6-4-3-5-8-15(13)10-14(16)12-7-9-17-11-12/h12-13H,2-11H2,1H3. The molecule has 2 aliphatic heterocycles. The lowest BCUT2D eigenvalue weighted by Crippen LogP contribution is -2.40. The zero-order valence-corrected chi connectivity index (χ0v) is 11.0. The molecule has 2 rings (SSSR count). The van der Waals surface area contributed by atoms with Crippen molar-refractivity contribution in [2.75, 3.05) is 26.3 Å². The molecular weight excluding hydrogens is 214 g/mol. The summed E-state index contributed by atoms with van der Waals surface area (Å²) in [7, 11) is 0. The summed E-state index contributed by atoms with van der Waals surface area (Å²) >= 11 is 0. The van der Waals surface area contributed by atoms with Gasteiger partial charge < -0.3 is 4.74 Å². The van der Waals surface area contributed by atoms with Crippen LogP contribution >= 0.6 is 0 Å². The minimum absolute atomic E-state index is 0.177. The quantitative estimate of drug-likeness (QED) is 0.753. The fourth-order valence-corrected chi connectivity index (χ4v) is 3.02. The van der Waals surface area contributed by atoms with Gasteiger partial charge in [0.1, 0.15) is 0 Å². The van der Waals surface area contributed by atoms with Crippen LogP contribution in [-0.2, 0) is 9.53 Å². The Bertz CT molecular complexity index is 249. The molecule has 0 bridgehead atoms. The first-order valence-electron chi connectivity index (χ1n) is 7.15. The maximum Gasteiger partial charge on any atom is 0.152 e. The molecule has 0 aliphatic carbocycles. The third-order valence-electron chi connectivity index (χ3n) is 4.21. The van der Waals surface area contributed by atoms with E-state index in [1.165, 1.54) is 32.1 Å². The highest BCUT2D eigenvalue weighted by atomic mass is 16.5. The highest BCUT2D eigenvalue weighted by Crippen LogP contribution is 2.21. The highest BCUT2D eigenvalue weighted by molar-refractivity contribution is 5.83. The summed E-state index contributed by atoms with van der Waals surface area (Å²) in [5.74, 6) is 0.582. The molecule has 17 heavy (non-hydrogen) atoms. The number of nitrogens with zero attached hydrogens (tertiary/aromatic N) is 1. The average Bonchev–Trinajstić information content (AvgIpc) is 2.78. The van der Waals surface area contributed by atoms with Gasteiger partial charge in [0.2, 0.25) is 0 Å². The first kappa shape index (κ1) is 13.0. The van der Waals surface area contributed by atoms with Crippen molar-refractivity contribution in [3.8, 4) is 0 Å². The molecule has 98 valence electrons. The summed E-state index contributed by atoms with van der Waals surface area (Å²) in [5.41, 5.74) is 0. The van der Waals surface area contributed by atoms with Gasteiger partial charge >= 0.3 is 0 Å². The van der Waals surface area contributed by atoms with Gasteiger partial charge in [-0.3, -0.25) is 9.69 Å². The average molecular weight is 239 g/mol. The number of hydrogen-bond acceptors (Lipinski definition) is 3. The van der Waals surface area contributed by atoms with Gasteiger partial charge in [0.05, 0.1) is 13.2 Å². The Balaban J connectivity index is 1.87. The number of ether oxygens (including phenoxy) is 1. The van der Waals surface area contributed by atoms with Crippen LogP contribution in [0.4, 0.5) is 0 Å². The molecule has 0 spiro atoms. The molecule has 0 aromatic carbocycles. The van der Waals surface area contributed by atoms with Crippen molar-refractivity contribution >= 4 is 5.78 Å². The minimum atomic E-state index is 0.177. The normalized spacial score (nSPS) is 31.4. The van der Waals surface area contributed by atoms with Crippen molar-refractivity contribution in [3.05, 3.63) is 0 Å². The van der Waals surface area contributed by atoms with Gasteiger partial charge in [-0.25, -0.2) is 0 Å². The molecule has 2 aliphatic rings. The van der Waals surface area contributed by atoms with E-state index in [2.05, 4.69) is 11.8 Å². The van der Waals surface area contributed by atoms with E-state index < -0.39 is 0 Å². The topological polar surface area (TPSA) is 29.5 Å². The zero-order chi connectivity index (χ0) is 12.1. The molecule has 0 aromatic rings. The first-order chi connectivity index (χ1) is 8.31. The molecule has 3 heteroatoms. The van der Waals surface area contributed by atoms with Crippen LogP contribution in [0.2, 0.25) is 0 Å². The maximum atomic E-state index is 12.2. The van der Waals surface area contributed by atoms with Crippen LogP contribution in [-0.4, -0.2) is 43.0 Å². The molecule has 2 unspecified atom stereocenters. The van der Waals surface area contributed by atoms with E-state index in [0.717, 1.165) is 19.6 Å². The Morgan fingerprint density at radius 3 is 2.88 bits per heavy atom. The van der Waals surface area contributed by atoms with Crippen molar-refractivity contribution < 1.29 is 9.53 Å². The number of carbonyl (C=O) groups is 1. The fourth-order valence-electron chi connectivity index (χ4n) is 3.02. The van der Waals surface area contributed by atoms with E-state index in [4.69, 9.17) is 4.74 Å². The van der Waals surface area contributed by atoms with Gasteiger partial charge in [0.15, 0.2) is 5.78 Å². The molecule has 2 atom stereocenters. The summed E-state index contributed by atoms with van der Waals surface area (Å²) < 4.78 is 5.31. The molecule has 0 N–H and O–H groups in total. The summed E-state index contributed by atoms with van der Waals surface area (Å²) in [6.45, 7) is 5.44. The summed E-state index contributed by atoms with van der Waals surface area (Å²) in [5, 5.41) is 0. The minimum Gasteiger partial charge on any atom is -0.381 e. The lowest BCUT2D eigenvalue weighted by Gasteiger charge is -2.29. The van der Waals surface area contributed by atoms with E-state index in [0.29, 0.717) is 25.0 Å². The van der Waals surface area contributed by atoms with Gasteiger partial charge in [0, 0.05) is 18.6 Å². The number of ketones is 1. The largest absolute Gasteiger partial charge is 0.381 e. The zero-order valence-electron chi connectivity index (χ0n) is 11.0. The van der Waals surface area contributed by atoms with Crippen LogP contribution in [0.15, 0.2) is 0 Å². The second-order valence-electron chi connectivity index (χ2n) is 5.41. The Kier molecular flexibility index (Phi) is 4.99. The second kappa shape index (κ2) is 6.50. The third kappa shape index (κ3) is 3.52. The van der Waals surface area contributed by atoms with Crippen molar-refractivity contribution in [1.82, 2.24) is 4.90 Å². The van der Waals surface area contributed by atoms with Crippen molar-refractivity contribution in [2.45, 2.75) is 51.5 Å². The van der Waals surface area contributed by atoms with E-state index in [9.17, 15) is 4.79 Å². The molecule has 3 nitrogen and oxygen atoms in total. The Labute approximate surface area is 105 Å². The van der Waals surface area contributed by atoms with E-state index in [1.54, 1.807) is 0 Å². The van der Waals surface area contributed by atoms with E-state index in [1.807, 2.05) is 0 Å². The Morgan fingerprint density at radius 2 is 2.18 bits per heavy atom. The van der Waals surface area contributed by atoms with Crippen LogP contribution in [0.25, 0.3) is 0 Å². The lowest BCUT2D eigenvalue weighted by atomic mass is 10.0. The Morgan fingerprint density at radius 1 is 1.29 bits per heavy atom. The molecule has 0 aromatic heterocycles. The first-order valence-corrected chi connectivity index (χ1v) is 7.15. The summed E-state index contributed by atoms with van der Waals surface area (Å²) in [4.78, 5) is 14.6. The van der Waals surface area contributed by atoms with Crippen molar-refractivity contribution in [2.24, 2.45) is 5.92 Å². The van der Waals surface area contributed by atoms with Gasteiger partial charge in [-0.05, 0) is 32.2 Å². The summed E-state index contributed by atoms with van der Waals surface area (Å²) in [6.07, 6.45) is 7.29. The predicted octanol–water partition coefficient (Wildman–Crippen LogP) is 2.25. The van der Waals surface area contributed by atoms with Gasteiger partial charge in [-0.15, -0.1) is 0 Å². The van der Waals surface area contributed by atoms with Crippen molar-refractivity contribution in [1.29, 1.82) is 0 Å². The second-order valence-corrected chi connectivity index (χ2v) is 5.41. The van der Waals surface area contributed by atoms with E-state index >= 15 is 0 Å². The Hall–Kier alpha value is -0.410. The van der Waals surface area contributed by atoms with E-state index in [-0.39, 0.29) is 5.92 Å². The predicted molar refractivity (Wildman–Crippen MR) is 68.1 cm³/mol. The number of Topliss-reactive ketones (excluding diaryl/α,β-unsaturated/α-hetero) is 1. The molecular formula is C14H25NO2. The van der Waals surface area contributed by atoms with Crippen LogP contribution in [0.3, 0.4) is 0 Å². The number of carbonyl (C=O) groups excluding carboxylic acids is 1. The lowest BCUT2D eigenvalue weighted by molar-refractivity contribution is -0.124. The van der Waals surface area contributed by atoms with Gasteiger partial charge in [-0.2, -0.15) is 0 Å². The van der Waals surface area contributed by atoms with Crippen LogP contribution in [0.5, 0.6) is 0 Å². The third-order valence-corrected chi connectivity index (χ3v) is 4.21. The van der Waals surface area contributed by atoms with Crippen LogP contribution in [0, 0.1) is 5.92 Å². The van der Waals surface area contributed by atoms with Crippen LogP contribution in [0.1, 0.15) is 45.4 Å². The van der Waals surface area contributed by atoms with Gasteiger partial charge in [0.25, 0.3) is 0 Å². The maximum absolute atomic E-state index is 12.2. The monoisotopic (exact) mass is 239 g/mol. The molecule has 2 heterocycles. The SMILES string of the molecule is CCC1CCCCCN1CC(=O)C1CCOC1. The summed E-state index contributed by atoms with van der Waals surface area (Å²) in [6, 6.07) is 0.628. The molecule has 0 amide bonds. The molecule has 0 radical (unpaired) electrons. The van der Waals surface area contributed by atoms with Crippen LogP contribution < -0.4 is 0 Å². The van der Waals surface area contributed by atoms with Gasteiger partial charge in [-0.1, -0.05) is 19.8 Å². The molecule has 2 fully saturated rings. The fraction of sp³-hybridized carbons (Fsp3) is 0.929. The molecule has 0 saturated carbocycles. The molecule has 2 saturated heterocycles. The highest BCUT2D eigenvalue weighted by Gasteiger charge is 2.27. The number of likely N-dealkylation sites (tertiary alicyclic amines) is 1. The number of hydrogen-bond donors (Lipinski definition) is 0. The smallest absolute Gasteiger partial charge is 0.152 e. The van der Waals surface area contributed by atoms with Crippen molar-refractivity contribution in [3.63, 3.8) is 0 Å².